The van der Waals surface area contributed by atoms with Gasteiger partial charge in [0.15, 0.2) is 28.1 Å². The molecule has 0 aromatic rings. The van der Waals surface area contributed by atoms with Crippen molar-refractivity contribution in [2.45, 2.75) is 26.3 Å². The fraction of sp³-hybridized carbons (Fsp3) is 0.636. The van der Waals surface area contributed by atoms with Crippen molar-refractivity contribution in [1.82, 2.24) is 0 Å². The number of fused-ring (bicyclic) bond motifs is 6. The van der Waals surface area contributed by atoms with Crippen molar-refractivity contribution < 1.29 is 14.3 Å². The van der Waals surface area contributed by atoms with E-state index in [0.717, 1.165) is 0 Å². The largest absolute Gasteiger partial charge is 0.353 e. The number of hydrogen-bond acceptors (Lipinski definition) is 3. The topological polar surface area (TPSA) is 46.7 Å². The van der Waals surface area contributed by atoms with E-state index in [1.54, 1.807) is 0 Å². The highest BCUT2D eigenvalue weighted by atomic mass is 35.5. The predicted octanol–water partition coefficient (Wildman–Crippen LogP) is 2.98. The third-order valence-electron chi connectivity index (χ3n) is 4.60. The molecule has 0 amide bonds. The van der Waals surface area contributed by atoms with Crippen molar-refractivity contribution in [2.75, 3.05) is 0 Å². The van der Waals surface area contributed by atoms with Crippen LogP contribution < -0.4 is 0 Å². The number of rotatable bonds is 0. The Hall–Kier alpha value is 0.780. The summed E-state index contributed by atoms with van der Waals surface area (Å²) in [7, 11) is 0. The molecular formula is C11H4Cl6O3. The predicted molar refractivity (Wildman–Crippen MR) is 76.0 cm³/mol. The maximum atomic E-state index is 12.4. The van der Waals surface area contributed by atoms with Crippen LogP contribution in [-0.2, 0) is 14.3 Å². The average Bonchev–Trinajstić information content (AvgIpc) is 3.14. The minimum Gasteiger partial charge on any atom is -0.353 e. The van der Waals surface area contributed by atoms with Gasteiger partial charge in [0.05, 0.1) is 21.9 Å². The monoisotopic (exact) mass is 394 g/mol. The molecule has 0 spiro atoms. The van der Waals surface area contributed by atoms with E-state index in [1.165, 1.54) is 0 Å². The van der Waals surface area contributed by atoms with Crippen LogP contribution in [0.25, 0.3) is 0 Å². The lowest BCUT2D eigenvalue weighted by Crippen LogP contribution is -2.51. The number of carbonyl (C=O) groups is 2. The normalized spacial score (nSPS) is 55.1. The molecule has 2 saturated carbocycles. The van der Waals surface area contributed by atoms with Gasteiger partial charge >= 0.3 is 0 Å². The molecule has 1 saturated heterocycles. The van der Waals surface area contributed by atoms with Crippen molar-refractivity contribution in [3.8, 4) is 0 Å². The van der Waals surface area contributed by atoms with Crippen LogP contribution in [-0.4, -0.2) is 37.9 Å². The summed E-state index contributed by atoms with van der Waals surface area (Å²) in [5.41, 5.74) is 0. The molecule has 9 heteroatoms. The molecule has 4 rings (SSSR count). The zero-order valence-corrected chi connectivity index (χ0v) is 13.8. The first kappa shape index (κ1) is 14.4. The van der Waals surface area contributed by atoms with Crippen molar-refractivity contribution in [1.29, 1.82) is 0 Å². The van der Waals surface area contributed by atoms with E-state index in [9.17, 15) is 9.59 Å². The summed E-state index contributed by atoms with van der Waals surface area (Å²) >= 11 is 37.9. The number of carbonyl (C=O) groups excluding carboxylic acids is 2. The van der Waals surface area contributed by atoms with E-state index in [1.807, 2.05) is 0 Å². The third-order valence-corrected chi connectivity index (χ3v) is 8.86. The average molecular weight is 397 g/mol. The van der Waals surface area contributed by atoms with Gasteiger partial charge in [-0.2, -0.15) is 0 Å². The second-order valence-electron chi connectivity index (χ2n) is 5.36. The molecule has 3 nitrogen and oxygen atoms in total. The second kappa shape index (κ2) is 3.64. The number of halogens is 6. The van der Waals surface area contributed by atoms with E-state index in [-0.39, 0.29) is 21.6 Å². The molecule has 2 bridgehead atoms. The highest BCUT2D eigenvalue weighted by Gasteiger charge is 2.88. The van der Waals surface area contributed by atoms with E-state index >= 15 is 0 Å². The Morgan fingerprint density at radius 1 is 0.800 bits per heavy atom. The summed E-state index contributed by atoms with van der Waals surface area (Å²) in [5, 5.41) is -0.162. The Bertz CT molecular complexity index is 580. The van der Waals surface area contributed by atoms with Gasteiger partial charge < -0.3 is 4.74 Å². The molecule has 0 radical (unpaired) electrons. The SMILES string of the molecule is O=C1[C@H]2O[C@@H]2C(=O)[C@@H]2[C@@H]1[C@]1(Cl)C(Cl)=C(Cl)[C@]2(Cl)C1(Cl)Cl. The van der Waals surface area contributed by atoms with Gasteiger partial charge in [-0.3, -0.25) is 9.59 Å². The first-order valence-corrected chi connectivity index (χ1v) is 7.93. The van der Waals surface area contributed by atoms with Crippen LogP contribution in [0.5, 0.6) is 0 Å². The molecular weight excluding hydrogens is 393 g/mol. The molecule has 108 valence electrons. The summed E-state index contributed by atoms with van der Waals surface area (Å²) in [6.45, 7) is 0. The fourth-order valence-corrected chi connectivity index (χ4v) is 6.56. The van der Waals surface area contributed by atoms with Crippen LogP contribution in [0.2, 0.25) is 0 Å². The van der Waals surface area contributed by atoms with Crippen LogP contribution >= 0.6 is 69.6 Å². The van der Waals surface area contributed by atoms with Crippen LogP contribution in [0.1, 0.15) is 0 Å². The molecule has 0 aromatic heterocycles. The smallest absolute Gasteiger partial charge is 0.170 e. The van der Waals surface area contributed by atoms with E-state index < -0.39 is 38.1 Å². The summed E-state index contributed by atoms with van der Waals surface area (Å²) < 4.78 is 3.22. The van der Waals surface area contributed by atoms with Gasteiger partial charge in [-0.15, -0.1) is 23.2 Å². The standard InChI is InChI=1S/C11H4Cl6O3/c12-7-8(13)10(15)2-1(9(7,14)11(10,16)17)3(18)5-6(20-5)4(2)19/h1-2,5-6H/t1-,2-,5+,6+,9-,10-/m0/s1. The molecule has 0 N–H and O–H groups in total. The summed E-state index contributed by atoms with van der Waals surface area (Å²) in [5.74, 6) is -2.79. The molecule has 20 heavy (non-hydrogen) atoms. The minimum atomic E-state index is -1.87. The lowest BCUT2D eigenvalue weighted by molar-refractivity contribution is -0.135. The first-order valence-electron chi connectivity index (χ1n) is 5.66. The molecule has 1 aliphatic heterocycles. The van der Waals surface area contributed by atoms with Crippen LogP contribution in [0, 0.1) is 11.8 Å². The lowest BCUT2D eigenvalue weighted by Gasteiger charge is -2.36. The van der Waals surface area contributed by atoms with Gasteiger partial charge in [0.25, 0.3) is 0 Å². The first-order chi connectivity index (χ1) is 9.11. The molecule has 0 aromatic carbocycles. The molecule has 4 aliphatic rings. The van der Waals surface area contributed by atoms with Crippen LogP contribution in [0.15, 0.2) is 10.1 Å². The Morgan fingerprint density at radius 2 is 1.15 bits per heavy atom. The van der Waals surface area contributed by atoms with Crippen molar-refractivity contribution >= 4 is 81.2 Å². The number of hydrogen-bond donors (Lipinski definition) is 0. The highest BCUT2D eigenvalue weighted by molar-refractivity contribution is 6.66. The number of ether oxygens (including phenoxy) is 1. The van der Waals surface area contributed by atoms with Gasteiger partial charge in [-0.1, -0.05) is 46.4 Å². The van der Waals surface area contributed by atoms with Crippen molar-refractivity contribution in [3.63, 3.8) is 0 Å². The Kier molecular flexibility index (Phi) is 2.62. The number of alkyl halides is 4. The number of allylic oxidation sites excluding steroid dienone is 2. The minimum absolute atomic E-state index is 0.0812. The summed E-state index contributed by atoms with van der Waals surface area (Å²) in [6, 6.07) is 0. The molecule has 6 atom stereocenters. The third kappa shape index (κ3) is 1.12. The van der Waals surface area contributed by atoms with Gasteiger partial charge in [0.2, 0.25) is 0 Å². The van der Waals surface area contributed by atoms with Gasteiger partial charge in [0.1, 0.15) is 9.75 Å². The lowest BCUT2D eigenvalue weighted by atomic mass is 9.71. The van der Waals surface area contributed by atoms with Crippen LogP contribution in [0.3, 0.4) is 0 Å². The summed E-state index contributed by atoms with van der Waals surface area (Å²) in [4.78, 5) is 21.4. The van der Waals surface area contributed by atoms with E-state index in [2.05, 4.69) is 0 Å². The Labute approximate surface area is 143 Å². The van der Waals surface area contributed by atoms with E-state index in [4.69, 9.17) is 74.3 Å². The number of epoxide rings is 1. The van der Waals surface area contributed by atoms with Crippen LogP contribution in [0.4, 0.5) is 0 Å². The zero-order valence-electron chi connectivity index (χ0n) is 9.30. The quantitative estimate of drug-likeness (QED) is 0.467. The maximum Gasteiger partial charge on any atom is 0.170 e. The molecule has 3 fully saturated rings. The highest BCUT2D eigenvalue weighted by Crippen LogP contribution is 2.77. The van der Waals surface area contributed by atoms with Crippen molar-refractivity contribution in [2.24, 2.45) is 11.8 Å². The molecule has 1 heterocycles. The van der Waals surface area contributed by atoms with Gasteiger partial charge in [-0.25, -0.2) is 0 Å². The number of ketones is 2. The maximum absolute atomic E-state index is 12.4. The van der Waals surface area contributed by atoms with Gasteiger partial charge in [-0.05, 0) is 0 Å². The van der Waals surface area contributed by atoms with Gasteiger partial charge in [0, 0.05) is 0 Å². The molecule has 0 unspecified atom stereocenters. The Morgan fingerprint density at radius 3 is 1.50 bits per heavy atom. The molecule has 3 aliphatic carbocycles. The number of Topliss-reactive ketones (excluding diaryl/α,β-unsaturated/α-hetero) is 2. The summed E-state index contributed by atoms with van der Waals surface area (Å²) in [6.07, 6.45) is -1.60. The van der Waals surface area contributed by atoms with E-state index in [0.29, 0.717) is 0 Å². The second-order valence-corrected chi connectivity index (χ2v) is 8.64. The fourth-order valence-electron chi connectivity index (χ4n) is 3.60. The zero-order chi connectivity index (χ0) is 14.8. The van der Waals surface area contributed by atoms with Crippen molar-refractivity contribution in [3.05, 3.63) is 10.1 Å². The Balaban J connectivity index is 2.03.